The lowest BCUT2D eigenvalue weighted by Crippen LogP contribution is -2.36. The van der Waals surface area contributed by atoms with Crippen LogP contribution in [0.25, 0.3) is 21.9 Å². The first-order valence-corrected chi connectivity index (χ1v) is 15.7. The zero-order valence-electron chi connectivity index (χ0n) is 24.3. The molecule has 3 aliphatic rings. The van der Waals surface area contributed by atoms with Gasteiger partial charge in [-0.2, -0.15) is 0 Å². The van der Waals surface area contributed by atoms with Gasteiger partial charge in [0.25, 0.3) is 0 Å². The number of allylic oxidation sites excluding steroid dienone is 5. The fourth-order valence-corrected chi connectivity index (χ4v) is 8.50. The minimum Gasteiger partial charge on any atom is -0.496 e. The summed E-state index contributed by atoms with van der Waals surface area (Å²) in [5.74, 6) is 1.53. The Bertz CT molecular complexity index is 1490. The summed E-state index contributed by atoms with van der Waals surface area (Å²) in [7, 11) is 1.80. The summed E-state index contributed by atoms with van der Waals surface area (Å²) < 4.78 is 5.96. The molecule has 0 bridgehead atoms. The van der Waals surface area contributed by atoms with E-state index >= 15 is 0 Å². The highest BCUT2D eigenvalue weighted by Crippen LogP contribution is 2.61. The summed E-state index contributed by atoms with van der Waals surface area (Å²) in [6.07, 6.45) is 18.1. The molecule has 1 nitrogen and oxygen atoms in total. The quantitative estimate of drug-likeness (QED) is 0.322. The van der Waals surface area contributed by atoms with Crippen molar-refractivity contribution >= 4 is 22.5 Å². The Morgan fingerprint density at radius 3 is 2.44 bits per heavy atom. The van der Waals surface area contributed by atoms with Crippen molar-refractivity contribution in [3.63, 3.8) is 0 Å². The van der Waals surface area contributed by atoms with Gasteiger partial charge in [0.15, 0.2) is 0 Å². The molecule has 1 atom stereocenters. The number of thioether (sulfide) groups is 1. The Morgan fingerprint density at radius 2 is 1.69 bits per heavy atom. The van der Waals surface area contributed by atoms with Gasteiger partial charge >= 0.3 is 0 Å². The molecule has 0 aromatic heterocycles. The fourth-order valence-electron chi connectivity index (χ4n) is 7.45. The summed E-state index contributed by atoms with van der Waals surface area (Å²) in [6.45, 7) is 9.30. The molecule has 0 radical (unpaired) electrons. The molecule has 1 spiro atoms. The number of methoxy groups -OCH3 is 1. The SMILES string of the molecule is CCC1(CC)CCC2(CC1)c1ccccc1-c1c2ccc2cc(OC)c(SC3=C(C)/C=C\C(C)C\C=C\3)cc12. The maximum atomic E-state index is 5.96. The highest BCUT2D eigenvalue weighted by molar-refractivity contribution is 8.03. The maximum Gasteiger partial charge on any atom is 0.133 e. The lowest BCUT2D eigenvalue weighted by molar-refractivity contribution is 0.133. The van der Waals surface area contributed by atoms with Crippen molar-refractivity contribution in [2.24, 2.45) is 11.3 Å². The van der Waals surface area contributed by atoms with Crippen LogP contribution in [-0.2, 0) is 5.41 Å². The van der Waals surface area contributed by atoms with Crippen LogP contribution in [0.15, 0.2) is 88.2 Å². The Kier molecular flexibility index (Phi) is 7.04. The molecule has 0 N–H and O–H groups in total. The average molecular weight is 535 g/mol. The molecule has 3 aromatic carbocycles. The standard InChI is InChI=1S/C37H42OS/c1-6-36(7-2)19-21-37(22-20-36)30-13-9-8-12-28(30)35-29-24-34(32(38-5)23-27(29)17-18-31(35)37)39-33-14-10-11-25(3)15-16-26(33)4/h8-10,12-18,23-25H,6-7,11,19-22H2,1-5H3/b14-10+,16-15-,33-26+. The van der Waals surface area contributed by atoms with Gasteiger partial charge in [0.1, 0.15) is 5.75 Å². The predicted octanol–water partition coefficient (Wildman–Crippen LogP) is 11.0. The summed E-state index contributed by atoms with van der Waals surface area (Å²) >= 11 is 1.84. The third-order valence-corrected chi connectivity index (χ3v) is 11.5. The van der Waals surface area contributed by atoms with Crippen LogP contribution in [0.3, 0.4) is 0 Å². The molecule has 2 heteroatoms. The second kappa shape index (κ2) is 10.4. The second-order valence-corrected chi connectivity index (χ2v) is 13.3. The van der Waals surface area contributed by atoms with Crippen molar-refractivity contribution in [2.45, 2.75) is 83.0 Å². The first-order valence-electron chi connectivity index (χ1n) is 14.9. The molecule has 0 heterocycles. The Morgan fingerprint density at radius 1 is 0.923 bits per heavy atom. The lowest BCUT2D eigenvalue weighted by Gasteiger charge is -2.45. The van der Waals surface area contributed by atoms with Gasteiger partial charge in [-0.3, -0.25) is 0 Å². The van der Waals surface area contributed by atoms with Crippen LogP contribution in [-0.4, -0.2) is 7.11 Å². The number of rotatable bonds is 5. The zero-order chi connectivity index (χ0) is 27.2. The smallest absolute Gasteiger partial charge is 0.133 e. The Labute approximate surface area is 239 Å². The van der Waals surface area contributed by atoms with Gasteiger partial charge in [0, 0.05) is 10.3 Å². The van der Waals surface area contributed by atoms with Gasteiger partial charge in [-0.15, -0.1) is 0 Å². The van der Waals surface area contributed by atoms with Gasteiger partial charge in [-0.05, 0) is 101 Å². The normalized spacial score (nSPS) is 24.6. The molecule has 202 valence electrons. The molecule has 0 aliphatic heterocycles. The molecule has 0 amide bonds. The van der Waals surface area contributed by atoms with Crippen LogP contribution >= 0.6 is 11.8 Å². The van der Waals surface area contributed by atoms with E-state index in [0.717, 1.165) is 12.2 Å². The van der Waals surface area contributed by atoms with Crippen molar-refractivity contribution in [1.29, 1.82) is 0 Å². The van der Waals surface area contributed by atoms with Crippen LogP contribution in [0.2, 0.25) is 0 Å². The number of ether oxygens (including phenoxy) is 1. The molecular formula is C37H42OS. The van der Waals surface area contributed by atoms with Gasteiger partial charge in [0.05, 0.1) is 12.0 Å². The van der Waals surface area contributed by atoms with Gasteiger partial charge in [-0.1, -0.05) is 106 Å². The lowest BCUT2D eigenvalue weighted by atomic mass is 9.58. The number of benzene rings is 3. The molecule has 6 rings (SSSR count). The molecule has 1 saturated carbocycles. The van der Waals surface area contributed by atoms with Gasteiger partial charge < -0.3 is 4.74 Å². The van der Waals surface area contributed by atoms with Crippen molar-refractivity contribution in [3.05, 3.63) is 94.4 Å². The largest absolute Gasteiger partial charge is 0.496 e. The van der Waals surface area contributed by atoms with E-state index in [-0.39, 0.29) is 5.41 Å². The third kappa shape index (κ3) is 4.40. The van der Waals surface area contributed by atoms with E-state index in [4.69, 9.17) is 4.74 Å². The third-order valence-electron chi connectivity index (χ3n) is 10.3. The summed E-state index contributed by atoms with van der Waals surface area (Å²) in [6, 6.07) is 18.7. The average Bonchev–Trinajstić information content (AvgIpc) is 3.24. The molecule has 1 unspecified atom stereocenters. The zero-order valence-corrected chi connectivity index (χ0v) is 25.1. The Balaban J connectivity index is 1.50. The summed E-state index contributed by atoms with van der Waals surface area (Å²) in [4.78, 5) is 2.49. The van der Waals surface area contributed by atoms with Crippen LogP contribution < -0.4 is 4.74 Å². The fraction of sp³-hybridized carbons (Fsp3) is 0.405. The van der Waals surface area contributed by atoms with Crippen molar-refractivity contribution < 1.29 is 4.74 Å². The molecular weight excluding hydrogens is 492 g/mol. The van der Waals surface area contributed by atoms with E-state index in [2.05, 4.69) is 101 Å². The van der Waals surface area contributed by atoms with E-state index in [1.165, 1.54) is 75.8 Å². The van der Waals surface area contributed by atoms with E-state index in [1.807, 2.05) is 11.8 Å². The van der Waals surface area contributed by atoms with Crippen LogP contribution in [0.5, 0.6) is 5.75 Å². The first kappa shape index (κ1) is 26.5. The van der Waals surface area contributed by atoms with Crippen molar-refractivity contribution in [3.8, 4) is 16.9 Å². The predicted molar refractivity (Wildman–Crippen MR) is 169 cm³/mol. The molecule has 3 aromatic rings. The van der Waals surface area contributed by atoms with E-state index in [1.54, 1.807) is 18.2 Å². The summed E-state index contributed by atoms with van der Waals surface area (Å²) in [5.41, 5.74) is 7.98. The topological polar surface area (TPSA) is 9.23 Å². The van der Waals surface area contributed by atoms with Crippen LogP contribution in [0.1, 0.15) is 83.8 Å². The maximum absolute atomic E-state index is 5.96. The molecule has 1 fully saturated rings. The van der Waals surface area contributed by atoms with Crippen LogP contribution in [0, 0.1) is 11.3 Å². The minimum absolute atomic E-state index is 0.143. The van der Waals surface area contributed by atoms with Gasteiger partial charge in [0.2, 0.25) is 0 Å². The molecule has 39 heavy (non-hydrogen) atoms. The van der Waals surface area contributed by atoms with Crippen molar-refractivity contribution in [2.75, 3.05) is 7.11 Å². The number of fused-ring (bicyclic) bond motifs is 7. The second-order valence-electron chi connectivity index (χ2n) is 12.2. The molecule has 0 saturated heterocycles. The van der Waals surface area contributed by atoms with E-state index in [0.29, 0.717) is 11.3 Å². The monoisotopic (exact) mass is 534 g/mol. The highest BCUT2D eigenvalue weighted by atomic mass is 32.2. The highest BCUT2D eigenvalue weighted by Gasteiger charge is 2.48. The van der Waals surface area contributed by atoms with Crippen LogP contribution in [0.4, 0.5) is 0 Å². The van der Waals surface area contributed by atoms with E-state index in [9.17, 15) is 0 Å². The Hall–Kier alpha value is -2.71. The summed E-state index contributed by atoms with van der Waals surface area (Å²) in [5, 5.41) is 2.63. The molecule has 3 aliphatic carbocycles. The first-order chi connectivity index (χ1) is 18.9. The van der Waals surface area contributed by atoms with Gasteiger partial charge in [-0.25, -0.2) is 0 Å². The number of hydrogen-bond donors (Lipinski definition) is 0. The minimum atomic E-state index is 0.143. The number of hydrogen-bond acceptors (Lipinski definition) is 2. The van der Waals surface area contributed by atoms with Crippen molar-refractivity contribution in [1.82, 2.24) is 0 Å². The van der Waals surface area contributed by atoms with E-state index < -0.39 is 0 Å².